The Morgan fingerprint density at radius 2 is 2.05 bits per heavy atom. The zero-order chi connectivity index (χ0) is 14.3. The number of hydrogen-bond donors (Lipinski definition) is 0. The Hall–Kier alpha value is -1.54. The summed E-state index contributed by atoms with van der Waals surface area (Å²) >= 11 is 6.56. The highest BCUT2D eigenvalue weighted by Crippen LogP contribution is 2.36. The van der Waals surface area contributed by atoms with Crippen LogP contribution >= 0.6 is 11.6 Å². The molecule has 1 heterocycles. The van der Waals surface area contributed by atoms with Gasteiger partial charge in [0.05, 0.1) is 5.38 Å². The standard InChI is InChI=1S/C17H16ClFO/c1-10-7-14(19)4-5-15(10)17(18)12-3-6-16-13(9-12)8-11(2)20-16/h3-7,9,11,17H,8H2,1-2H3. The minimum absolute atomic E-state index is 0.224. The molecule has 0 radical (unpaired) electrons. The van der Waals surface area contributed by atoms with Crippen LogP contribution in [0, 0.1) is 12.7 Å². The highest BCUT2D eigenvalue weighted by molar-refractivity contribution is 6.22. The van der Waals surface area contributed by atoms with Crippen molar-refractivity contribution < 1.29 is 9.13 Å². The van der Waals surface area contributed by atoms with Crippen LogP contribution in [0.4, 0.5) is 4.39 Å². The molecule has 0 N–H and O–H groups in total. The minimum Gasteiger partial charge on any atom is -0.490 e. The normalized spacial score (nSPS) is 18.5. The van der Waals surface area contributed by atoms with Crippen LogP contribution in [0.15, 0.2) is 36.4 Å². The minimum atomic E-state index is -0.267. The van der Waals surface area contributed by atoms with Crippen LogP contribution in [0.3, 0.4) is 0 Å². The molecule has 2 aromatic rings. The fourth-order valence-electron chi connectivity index (χ4n) is 2.70. The van der Waals surface area contributed by atoms with E-state index in [1.54, 1.807) is 6.07 Å². The number of hydrogen-bond acceptors (Lipinski definition) is 1. The van der Waals surface area contributed by atoms with Crippen molar-refractivity contribution in [2.24, 2.45) is 0 Å². The molecule has 1 aliphatic heterocycles. The lowest BCUT2D eigenvalue weighted by molar-refractivity contribution is 0.254. The fraction of sp³-hybridized carbons (Fsp3) is 0.294. The Morgan fingerprint density at radius 3 is 2.80 bits per heavy atom. The van der Waals surface area contributed by atoms with E-state index in [0.717, 1.165) is 28.9 Å². The second-order valence-corrected chi connectivity index (χ2v) is 5.80. The predicted molar refractivity (Wildman–Crippen MR) is 79.1 cm³/mol. The Balaban J connectivity index is 1.95. The Labute approximate surface area is 123 Å². The van der Waals surface area contributed by atoms with E-state index in [1.165, 1.54) is 17.7 Å². The number of ether oxygens (including phenoxy) is 1. The van der Waals surface area contributed by atoms with Gasteiger partial charge in [0.2, 0.25) is 0 Å². The summed E-state index contributed by atoms with van der Waals surface area (Å²) in [5.41, 5.74) is 4.04. The van der Waals surface area contributed by atoms with Crippen molar-refractivity contribution in [1.82, 2.24) is 0 Å². The van der Waals surface area contributed by atoms with Gasteiger partial charge in [-0.3, -0.25) is 0 Å². The highest BCUT2D eigenvalue weighted by Gasteiger charge is 2.21. The zero-order valence-corrected chi connectivity index (χ0v) is 12.2. The van der Waals surface area contributed by atoms with Crippen LogP contribution in [0.5, 0.6) is 5.75 Å². The molecule has 3 rings (SSSR count). The third-order valence-corrected chi connectivity index (χ3v) is 4.20. The molecule has 0 amide bonds. The Kier molecular flexibility index (Phi) is 3.43. The van der Waals surface area contributed by atoms with Crippen LogP contribution in [0.1, 0.15) is 34.6 Å². The van der Waals surface area contributed by atoms with E-state index in [-0.39, 0.29) is 17.3 Å². The van der Waals surface area contributed by atoms with Gasteiger partial charge in [-0.25, -0.2) is 4.39 Å². The summed E-state index contributed by atoms with van der Waals surface area (Å²) in [6.45, 7) is 3.94. The molecule has 0 saturated heterocycles. The van der Waals surface area contributed by atoms with Gasteiger partial charge < -0.3 is 4.74 Å². The maximum absolute atomic E-state index is 13.2. The van der Waals surface area contributed by atoms with Crippen molar-refractivity contribution in [3.8, 4) is 5.75 Å². The second-order valence-electron chi connectivity index (χ2n) is 5.36. The third kappa shape index (κ3) is 2.40. The summed E-state index contributed by atoms with van der Waals surface area (Å²) in [5.74, 6) is 0.715. The van der Waals surface area contributed by atoms with Crippen molar-refractivity contribution in [3.63, 3.8) is 0 Å². The van der Waals surface area contributed by atoms with Crippen LogP contribution in [0.25, 0.3) is 0 Å². The summed E-state index contributed by atoms with van der Waals surface area (Å²) in [6.07, 6.45) is 1.14. The lowest BCUT2D eigenvalue weighted by atomic mass is 9.97. The third-order valence-electron chi connectivity index (χ3n) is 3.72. The number of alkyl halides is 1. The second kappa shape index (κ2) is 5.10. The zero-order valence-electron chi connectivity index (χ0n) is 11.5. The Morgan fingerprint density at radius 1 is 1.25 bits per heavy atom. The first-order valence-corrected chi connectivity index (χ1v) is 7.18. The molecule has 20 heavy (non-hydrogen) atoms. The van der Waals surface area contributed by atoms with Crippen molar-refractivity contribution in [2.45, 2.75) is 31.7 Å². The maximum atomic E-state index is 13.2. The number of fused-ring (bicyclic) bond motifs is 1. The van der Waals surface area contributed by atoms with E-state index in [1.807, 2.05) is 19.1 Å². The first-order valence-electron chi connectivity index (χ1n) is 6.74. The molecule has 2 aromatic carbocycles. The molecule has 3 heteroatoms. The topological polar surface area (TPSA) is 9.23 Å². The fourth-order valence-corrected chi connectivity index (χ4v) is 3.08. The van der Waals surface area contributed by atoms with Gasteiger partial charge in [-0.05, 0) is 54.3 Å². The van der Waals surface area contributed by atoms with Crippen LogP contribution in [-0.4, -0.2) is 6.10 Å². The lowest BCUT2D eigenvalue weighted by Crippen LogP contribution is -2.05. The smallest absolute Gasteiger partial charge is 0.123 e. The number of benzene rings is 2. The van der Waals surface area contributed by atoms with Crippen molar-refractivity contribution in [2.75, 3.05) is 0 Å². The highest BCUT2D eigenvalue weighted by atomic mass is 35.5. The van der Waals surface area contributed by atoms with Gasteiger partial charge in [0, 0.05) is 6.42 Å². The average molecular weight is 291 g/mol. The molecule has 0 saturated carbocycles. The molecule has 0 aromatic heterocycles. The van der Waals surface area contributed by atoms with E-state index in [4.69, 9.17) is 16.3 Å². The summed E-state index contributed by atoms with van der Waals surface area (Å²) in [7, 11) is 0. The average Bonchev–Trinajstić information content (AvgIpc) is 2.77. The van der Waals surface area contributed by atoms with Gasteiger partial charge in [0.15, 0.2) is 0 Å². The van der Waals surface area contributed by atoms with Crippen molar-refractivity contribution in [3.05, 3.63) is 64.5 Å². The number of rotatable bonds is 2. The Bertz CT molecular complexity index is 653. The monoisotopic (exact) mass is 290 g/mol. The van der Waals surface area contributed by atoms with Crippen molar-refractivity contribution in [1.29, 1.82) is 0 Å². The molecule has 0 fully saturated rings. The summed E-state index contributed by atoms with van der Waals surface area (Å²) in [4.78, 5) is 0. The van der Waals surface area contributed by atoms with E-state index in [0.29, 0.717) is 0 Å². The lowest BCUT2D eigenvalue weighted by Gasteiger charge is -2.14. The van der Waals surface area contributed by atoms with Gasteiger partial charge in [0.25, 0.3) is 0 Å². The SMILES string of the molecule is Cc1cc(F)ccc1C(Cl)c1ccc2c(c1)CC(C)O2. The summed E-state index contributed by atoms with van der Waals surface area (Å²) < 4.78 is 18.9. The van der Waals surface area contributed by atoms with Crippen LogP contribution < -0.4 is 4.74 Å². The summed E-state index contributed by atoms with van der Waals surface area (Å²) in [5, 5.41) is -0.267. The molecule has 0 bridgehead atoms. The van der Waals surface area contributed by atoms with Gasteiger partial charge in [-0.15, -0.1) is 11.6 Å². The quantitative estimate of drug-likeness (QED) is 0.723. The van der Waals surface area contributed by atoms with Gasteiger partial charge in [0.1, 0.15) is 17.7 Å². The molecular formula is C17H16ClFO. The molecule has 0 aliphatic carbocycles. The molecule has 1 nitrogen and oxygen atoms in total. The summed E-state index contributed by atoms with van der Waals surface area (Å²) in [6, 6.07) is 10.8. The maximum Gasteiger partial charge on any atom is 0.123 e. The van der Waals surface area contributed by atoms with E-state index in [9.17, 15) is 4.39 Å². The first-order chi connectivity index (χ1) is 9.54. The number of halogens is 2. The molecular weight excluding hydrogens is 275 g/mol. The molecule has 104 valence electrons. The molecule has 1 aliphatic rings. The van der Waals surface area contributed by atoms with E-state index in [2.05, 4.69) is 13.0 Å². The van der Waals surface area contributed by atoms with Gasteiger partial charge in [-0.1, -0.05) is 18.2 Å². The van der Waals surface area contributed by atoms with E-state index >= 15 is 0 Å². The first kappa shape index (κ1) is 13.4. The van der Waals surface area contributed by atoms with E-state index < -0.39 is 0 Å². The van der Waals surface area contributed by atoms with Crippen LogP contribution in [-0.2, 0) is 6.42 Å². The molecule has 0 spiro atoms. The van der Waals surface area contributed by atoms with Gasteiger partial charge in [-0.2, -0.15) is 0 Å². The predicted octanol–water partition coefficient (Wildman–Crippen LogP) is 4.79. The van der Waals surface area contributed by atoms with Crippen molar-refractivity contribution >= 4 is 11.6 Å². The largest absolute Gasteiger partial charge is 0.490 e. The van der Waals surface area contributed by atoms with Crippen LogP contribution in [0.2, 0.25) is 0 Å². The molecule has 2 unspecified atom stereocenters. The number of aryl methyl sites for hydroxylation is 1. The molecule has 2 atom stereocenters. The van der Waals surface area contributed by atoms with Gasteiger partial charge >= 0.3 is 0 Å².